The molecule has 0 bridgehead atoms. The molecule has 8 atom stereocenters. The maximum absolute atomic E-state index is 11.7. The monoisotopic (exact) mass is 734 g/mol. The first-order valence-corrected chi connectivity index (χ1v) is 15.1. The number of carbonyl (C=O) groups is 4. The average Bonchev–Trinajstić information content (AvgIpc) is 3.90. The molecule has 4 aromatic rings. The highest BCUT2D eigenvalue weighted by Gasteiger charge is 2.45. The van der Waals surface area contributed by atoms with Gasteiger partial charge in [-0.15, -0.1) is 0 Å². The zero-order valence-electron chi connectivity index (χ0n) is 26.6. The summed E-state index contributed by atoms with van der Waals surface area (Å²) in [5.74, 6) is -1.32. The van der Waals surface area contributed by atoms with Crippen LogP contribution in [0.3, 0.4) is 0 Å². The number of nitrogens with two attached hydrogens (primary N) is 2. The number of nitrogens with one attached hydrogen (secondary N) is 4. The van der Waals surface area contributed by atoms with Gasteiger partial charge < -0.3 is 51.6 Å². The standard InChI is InChI=1S/2C13H17N7O6/c2*14-1-6(22)18-13(25)19-10-7-11(16-3-15-10)20(4-17-7)12-9(24)8(23)5(2-21)26-12/h2*3-5,8-9,12,21,23-24H,1-2,14H2,(H2,15,16,18,19,22,25)/t2*5-,8-,9-,12-/m11/s1. The van der Waals surface area contributed by atoms with E-state index in [1.807, 2.05) is 10.6 Å². The SMILES string of the molecule is NCC(=O)NC(=O)Nc1ncnc2c1ncn2[C@@H]1O[C@H](CO)[C@@H](O)[C@H]1O.NCC(=O)NC(=O)Nc1ncnc2c1ncn2[C@@H]1O[C@H](CO)[C@@H](O)[C@H]1O. The zero-order chi connectivity index (χ0) is 37.7. The number of ether oxygens (including phenoxy) is 2. The number of imide groups is 2. The number of urea groups is 2. The van der Waals surface area contributed by atoms with Crippen molar-refractivity contribution in [1.29, 1.82) is 0 Å². The zero-order valence-corrected chi connectivity index (χ0v) is 26.6. The first-order chi connectivity index (χ1) is 24.9. The maximum atomic E-state index is 11.7. The summed E-state index contributed by atoms with van der Waals surface area (Å²) in [7, 11) is 0. The average molecular weight is 735 g/mol. The van der Waals surface area contributed by atoms with Crippen molar-refractivity contribution >= 4 is 57.8 Å². The molecule has 0 spiro atoms. The van der Waals surface area contributed by atoms with Crippen LogP contribution in [-0.4, -0.2) is 156 Å². The Balaban J connectivity index is 0.000000201. The lowest BCUT2D eigenvalue weighted by Crippen LogP contribution is -2.38. The van der Waals surface area contributed by atoms with Crippen molar-refractivity contribution in [3.63, 3.8) is 0 Å². The molecule has 0 aliphatic carbocycles. The number of hydrogen-bond donors (Lipinski definition) is 12. The van der Waals surface area contributed by atoms with Crippen LogP contribution in [0.25, 0.3) is 22.3 Å². The number of carbonyl (C=O) groups excluding carboxylic acids is 4. The van der Waals surface area contributed by atoms with Gasteiger partial charge in [0.15, 0.2) is 46.4 Å². The lowest BCUT2D eigenvalue weighted by Gasteiger charge is -2.16. The minimum Gasteiger partial charge on any atom is -0.394 e. The second-order valence-corrected chi connectivity index (χ2v) is 11.0. The molecule has 0 aromatic carbocycles. The molecule has 26 nitrogen and oxygen atoms in total. The van der Waals surface area contributed by atoms with Crippen LogP contribution in [0.2, 0.25) is 0 Å². The van der Waals surface area contributed by atoms with Gasteiger partial charge in [-0.25, -0.2) is 39.5 Å². The van der Waals surface area contributed by atoms with Crippen LogP contribution in [0.5, 0.6) is 0 Å². The summed E-state index contributed by atoms with van der Waals surface area (Å²) in [5, 5.41) is 67.0. The topological polar surface area (TPSA) is 395 Å². The van der Waals surface area contributed by atoms with Crippen LogP contribution in [0.4, 0.5) is 21.2 Å². The highest BCUT2D eigenvalue weighted by atomic mass is 16.6. The summed E-state index contributed by atoms with van der Waals surface area (Å²) in [5.41, 5.74) is 11.0. The van der Waals surface area contributed by atoms with E-state index in [1.165, 1.54) is 21.8 Å². The first-order valence-electron chi connectivity index (χ1n) is 15.1. The van der Waals surface area contributed by atoms with E-state index in [0.717, 1.165) is 12.7 Å². The van der Waals surface area contributed by atoms with Crippen molar-refractivity contribution in [3.05, 3.63) is 25.3 Å². The van der Waals surface area contributed by atoms with Crippen molar-refractivity contribution in [2.45, 2.75) is 49.1 Å². The highest BCUT2D eigenvalue weighted by Crippen LogP contribution is 2.33. The van der Waals surface area contributed by atoms with Gasteiger partial charge in [0, 0.05) is 0 Å². The second kappa shape index (κ2) is 16.3. The fraction of sp³-hybridized carbons (Fsp3) is 0.462. The summed E-state index contributed by atoms with van der Waals surface area (Å²) in [4.78, 5) is 69.8. The Morgan fingerprint density at radius 1 is 0.635 bits per heavy atom. The molecule has 2 aliphatic heterocycles. The highest BCUT2D eigenvalue weighted by molar-refractivity contribution is 6.04. The predicted molar refractivity (Wildman–Crippen MR) is 169 cm³/mol. The Morgan fingerprint density at radius 3 is 1.35 bits per heavy atom. The van der Waals surface area contributed by atoms with E-state index < -0.39 is 86.2 Å². The van der Waals surface area contributed by atoms with Gasteiger partial charge in [0.2, 0.25) is 11.8 Å². The lowest BCUT2D eigenvalue weighted by molar-refractivity contribution is -0.119. The Bertz CT molecular complexity index is 1790. The minimum atomic E-state index is -1.32. The van der Waals surface area contributed by atoms with E-state index in [2.05, 4.69) is 40.5 Å². The number of aliphatic hydroxyl groups is 6. The number of aliphatic hydroxyl groups excluding tert-OH is 6. The van der Waals surface area contributed by atoms with Crippen LogP contribution in [0.15, 0.2) is 25.3 Å². The summed E-state index contributed by atoms with van der Waals surface area (Å²) >= 11 is 0. The number of rotatable bonds is 8. The van der Waals surface area contributed by atoms with E-state index in [9.17, 15) is 49.8 Å². The molecule has 14 N–H and O–H groups in total. The van der Waals surface area contributed by atoms with Gasteiger partial charge in [-0.3, -0.25) is 40.0 Å². The largest absolute Gasteiger partial charge is 0.394 e. The third-order valence-electron chi connectivity index (χ3n) is 7.64. The molecule has 6 rings (SSSR count). The molecular weight excluding hydrogens is 700 g/mol. The van der Waals surface area contributed by atoms with Gasteiger partial charge in [-0.1, -0.05) is 0 Å². The molecule has 6 amide bonds. The normalized spacial score (nSPS) is 25.4. The maximum Gasteiger partial charge on any atom is 0.327 e. The van der Waals surface area contributed by atoms with Gasteiger partial charge in [-0.2, -0.15) is 0 Å². The van der Waals surface area contributed by atoms with Crippen molar-refractivity contribution in [3.8, 4) is 0 Å². The van der Waals surface area contributed by atoms with E-state index in [-0.39, 0.29) is 47.1 Å². The van der Waals surface area contributed by atoms with Gasteiger partial charge in [0.1, 0.15) is 49.3 Å². The number of aromatic nitrogens is 8. The molecule has 2 aliphatic rings. The molecule has 0 radical (unpaired) electrons. The van der Waals surface area contributed by atoms with Crippen molar-refractivity contribution < 1.29 is 59.3 Å². The number of hydrogen-bond acceptors (Lipinski definition) is 20. The number of anilines is 2. The summed E-state index contributed by atoms with van der Waals surface area (Å²) < 4.78 is 13.5. The predicted octanol–water partition coefficient (Wildman–Crippen LogP) is -5.91. The Morgan fingerprint density at radius 2 is 1.02 bits per heavy atom. The molecule has 0 saturated carbocycles. The molecule has 2 fully saturated rings. The summed E-state index contributed by atoms with van der Waals surface area (Å²) in [6, 6.07) is -1.69. The lowest BCUT2D eigenvalue weighted by atomic mass is 10.1. The van der Waals surface area contributed by atoms with Crippen LogP contribution in [0, 0.1) is 0 Å². The summed E-state index contributed by atoms with van der Waals surface area (Å²) in [6.07, 6.45) is -4.34. The smallest absolute Gasteiger partial charge is 0.327 e. The molecular formula is C26H34N14O12. The van der Waals surface area contributed by atoms with Crippen molar-refractivity contribution in [2.24, 2.45) is 11.5 Å². The molecule has 0 unspecified atom stereocenters. The molecule has 6 heterocycles. The van der Waals surface area contributed by atoms with Gasteiger partial charge in [0.25, 0.3) is 0 Å². The van der Waals surface area contributed by atoms with E-state index in [1.54, 1.807) is 0 Å². The van der Waals surface area contributed by atoms with Crippen LogP contribution in [0.1, 0.15) is 12.5 Å². The van der Waals surface area contributed by atoms with Crippen LogP contribution in [-0.2, 0) is 19.1 Å². The second-order valence-electron chi connectivity index (χ2n) is 11.0. The minimum absolute atomic E-state index is 0.0165. The quantitative estimate of drug-likeness (QED) is 0.0801. The van der Waals surface area contributed by atoms with Gasteiger partial charge in [0.05, 0.1) is 39.0 Å². The fourth-order valence-electron chi connectivity index (χ4n) is 5.11. The number of amides is 6. The third-order valence-corrected chi connectivity index (χ3v) is 7.64. The van der Waals surface area contributed by atoms with Gasteiger partial charge in [-0.05, 0) is 0 Å². The third kappa shape index (κ3) is 7.74. The molecule has 4 aromatic heterocycles. The number of imidazole rings is 2. The Hall–Kier alpha value is -5.42. The molecule has 52 heavy (non-hydrogen) atoms. The van der Waals surface area contributed by atoms with Crippen molar-refractivity contribution in [2.75, 3.05) is 36.9 Å². The first kappa shape index (κ1) is 37.8. The van der Waals surface area contributed by atoms with Crippen LogP contribution < -0.4 is 32.7 Å². The summed E-state index contributed by atoms with van der Waals surface area (Å²) in [6.45, 7) is -1.66. The Labute approximate surface area is 289 Å². The number of nitrogens with zero attached hydrogens (tertiary/aromatic N) is 8. The Kier molecular flexibility index (Phi) is 11.8. The fourth-order valence-corrected chi connectivity index (χ4v) is 5.11. The van der Waals surface area contributed by atoms with E-state index >= 15 is 0 Å². The molecule has 280 valence electrons. The van der Waals surface area contributed by atoms with Crippen LogP contribution >= 0.6 is 0 Å². The molecule has 2 saturated heterocycles. The van der Waals surface area contributed by atoms with E-state index in [4.69, 9.17) is 20.9 Å². The van der Waals surface area contributed by atoms with Gasteiger partial charge >= 0.3 is 12.1 Å². The van der Waals surface area contributed by atoms with Crippen molar-refractivity contribution in [1.82, 2.24) is 49.7 Å². The van der Waals surface area contributed by atoms with E-state index in [0.29, 0.717) is 0 Å². The number of fused-ring (bicyclic) bond motifs is 2. The molecule has 26 heteroatoms.